The van der Waals surface area contributed by atoms with Crippen molar-refractivity contribution in [1.82, 2.24) is 4.57 Å². The smallest absolute Gasteiger partial charge is 0.344 e. The standard InChI is InChI=1S/C20H23N3O2/c1-3-25-20(24)16-13-15-14-9-5-6-10-17(14)22(2)18(15)21-19(16)23-11-7-4-8-12-23/h5-6,9-10,13H,3-4,7-8,11-12H2,1-2H3/p+1. The number of pyridine rings is 1. The summed E-state index contributed by atoms with van der Waals surface area (Å²) in [6.45, 7) is 4.17. The third-order valence-corrected chi connectivity index (χ3v) is 5.09. The zero-order valence-corrected chi connectivity index (χ0v) is 14.8. The fourth-order valence-electron chi connectivity index (χ4n) is 3.84. The van der Waals surface area contributed by atoms with Crippen molar-refractivity contribution in [2.75, 3.05) is 24.6 Å². The van der Waals surface area contributed by atoms with Crippen LogP contribution in [0.25, 0.3) is 21.9 Å². The summed E-state index contributed by atoms with van der Waals surface area (Å²) in [5.41, 5.74) is 2.82. The first-order valence-electron chi connectivity index (χ1n) is 9.06. The zero-order valence-electron chi connectivity index (χ0n) is 14.8. The number of hydrogen-bond acceptors (Lipinski definition) is 3. The number of ether oxygens (including phenoxy) is 1. The summed E-state index contributed by atoms with van der Waals surface area (Å²) in [4.78, 5) is 18.5. The Hall–Kier alpha value is -2.56. The Bertz CT molecular complexity index is 939. The lowest BCUT2D eigenvalue weighted by molar-refractivity contribution is -0.335. The van der Waals surface area contributed by atoms with Crippen LogP contribution in [0.1, 0.15) is 36.5 Å². The van der Waals surface area contributed by atoms with E-state index in [9.17, 15) is 4.79 Å². The Morgan fingerprint density at radius 1 is 1.16 bits per heavy atom. The van der Waals surface area contributed by atoms with E-state index in [1.165, 1.54) is 6.42 Å². The van der Waals surface area contributed by atoms with Gasteiger partial charge in [0.05, 0.1) is 32.1 Å². The minimum absolute atomic E-state index is 0.255. The number of nitrogens with zero attached hydrogens (tertiary/aromatic N) is 2. The Kier molecular flexibility index (Phi) is 4.07. The number of rotatable bonds is 3. The van der Waals surface area contributed by atoms with Crippen LogP contribution in [0.2, 0.25) is 0 Å². The van der Waals surface area contributed by atoms with E-state index < -0.39 is 0 Å². The largest absolute Gasteiger partial charge is 0.462 e. The van der Waals surface area contributed by atoms with Crippen molar-refractivity contribution in [3.63, 3.8) is 0 Å². The first-order valence-corrected chi connectivity index (χ1v) is 9.06. The predicted molar refractivity (Wildman–Crippen MR) is 99.0 cm³/mol. The zero-order chi connectivity index (χ0) is 17.4. The van der Waals surface area contributed by atoms with E-state index in [-0.39, 0.29) is 5.97 Å². The molecule has 25 heavy (non-hydrogen) atoms. The fraction of sp³-hybridized carbons (Fsp3) is 0.400. The maximum absolute atomic E-state index is 12.6. The van der Waals surface area contributed by atoms with Gasteiger partial charge in [-0.15, -0.1) is 0 Å². The molecule has 0 aliphatic carbocycles. The molecule has 5 nitrogen and oxygen atoms in total. The van der Waals surface area contributed by atoms with E-state index >= 15 is 0 Å². The van der Waals surface area contributed by atoms with Gasteiger partial charge in [-0.05, 0) is 38.3 Å². The Morgan fingerprint density at radius 2 is 1.92 bits per heavy atom. The number of hydrogen-bond donors (Lipinski definition) is 0. The van der Waals surface area contributed by atoms with Gasteiger partial charge in [0.25, 0.3) is 0 Å². The average molecular weight is 338 g/mol. The summed E-state index contributed by atoms with van der Waals surface area (Å²) in [5, 5.41) is 2.20. The van der Waals surface area contributed by atoms with E-state index in [1.807, 2.05) is 25.1 Å². The van der Waals surface area contributed by atoms with Crippen molar-refractivity contribution in [3.8, 4) is 0 Å². The lowest BCUT2D eigenvalue weighted by Crippen LogP contribution is -2.36. The molecule has 1 fully saturated rings. The molecule has 0 spiro atoms. The minimum Gasteiger partial charge on any atom is -0.462 e. The third kappa shape index (κ3) is 2.64. The summed E-state index contributed by atoms with van der Waals surface area (Å²) >= 11 is 0. The maximum atomic E-state index is 12.6. The molecule has 0 bridgehead atoms. The Labute approximate surface area is 147 Å². The van der Waals surface area contributed by atoms with Crippen LogP contribution in [-0.2, 0) is 11.8 Å². The lowest BCUT2D eigenvalue weighted by Gasteiger charge is -2.24. The Morgan fingerprint density at radius 3 is 2.68 bits per heavy atom. The molecule has 0 unspecified atom stereocenters. The molecule has 0 radical (unpaired) electrons. The van der Waals surface area contributed by atoms with Gasteiger partial charge < -0.3 is 4.74 Å². The van der Waals surface area contributed by atoms with Gasteiger partial charge >= 0.3 is 5.97 Å². The summed E-state index contributed by atoms with van der Waals surface area (Å²) in [6, 6.07) is 10.3. The molecule has 130 valence electrons. The van der Waals surface area contributed by atoms with Crippen molar-refractivity contribution >= 4 is 33.7 Å². The number of esters is 1. The van der Waals surface area contributed by atoms with Crippen LogP contribution in [-0.4, -0.2) is 30.2 Å². The highest BCUT2D eigenvalue weighted by molar-refractivity contribution is 6.08. The first-order chi connectivity index (χ1) is 12.2. The number of H-pyrrole nitrogens is 1. The van der Waals surface area contributed by atoms with E-state index in [2.05, 4.69) is 33.6 Å². The molecular weight excluding hydrogens is 314 g/mol. The van der Waals surface area contributed by atoms with Crippen molar-refractivity contribution in [1.29, 1.82) is 0 Å². The maximum Gasteiger partial charge on any atom is 0.344 e. The van der Waals surface area contributed by atoms with Crippen LogP contribution in [0.4, 0.5) is 5.82 Å². The molecule has 0 atom stereocenters. The molecule has 1 N–H and O–H groups in total. The summed E-state index contributed by atoms with van der Waals surface area (Å²) in [5.74, 6) is 0.630. The summed E-state index contributed by atoms with van der Waals surface area (Å²) in [7, 11) is 2.06. The molecule has 1 aliphatic rings. The highest BCUT2D eigenvalue weighted by Crippen LogP contribution is 2.30. The molecule has 3 heterocycles. The molecule has 0 saturated carbocycles. The van der Waals surface area contributed by atoms with Crippen molar-refractivity contribution in [2.45, 2.75) is 26.2 Å². The van der Waals surface area contributed by atoms with Crippen molar-refractivity contribution in [3.05, 3.63) is 35.9 Å². The average Bonchev–Trinajstić information content (AvgIpc) is 2.94. The predicted octanol–water partition coefficient (Wildman–Crippen LogP) is 3.31. The van der Waals surface area contributed by atoms with Gasteiger partial charge in [0, 0.05) is 5.39 Å². The number of carbonyl (C=O) groups excluding carboxylic acids is 1. The molecule has 0 amide bonds. The van der Waals surface area contributed by atoms with E-state index in [0.29, 0.717) is 12.2 Å². The molecule has 1 saturated heterocycles. The molecule has 1 aromatic carbocycles. The van der Waals surface area contributed by atoms with E-state index in [1.54, 1.807) is 0 Å². The quantitative estimate of drug-likeness (QED) is 0.689. The molecule has 5 heteroatoms. The number of nitrogens with one attached hydrogen (secondary N) is 1. The highest BCUT2D eigenvalue weighted by Gasteiger charge is 2.27. The van der Waals surface area contributed by atoms with Gasteiger partial charge in [-0.1, -0.05) is 18.2 Å². The van der Waals surface area contributed by atoms with Gasteiger partial charge in [-0.2, -0.15) is 0 Å². The number of benzene rings is 1. The first kappa shape index (κ1) is 15.9. The van der Waals surface area contributed by atoms with Crippen LogP contribution >= 0.6 is 0 Å². The van der Waals surface area contributed by atoms with Crippen molar-refractivity contribution < 1.29 is 14.5 Å². The number of para-hydroxylation sites is 1. The van der Waals surface area contributed by atoms with Gasteiger partial charge in [0.2, 0.25) is 11.5 Å². The number of aromatic amines is 1. The number of piperidine rings is 1. The second-order valence-corrected chi connectivity index (χ2v) is 6.64. The molecular formula is C20H24N3O2+. The number of aryl methyl sites for hydroxylation is 1. The van der Waals surface area contributed by atoms with Crippen LogP contribution < -0.4 is 9.88 Å². The summed E-state index contributed by atoms with van der Waals surface area (Å²) in [6.07, 6.45) is 3.56. The van der Waals surface area contributed by atoms with E-state index in [0.717, 1.165) is 53.7 Å². The van der Waals surface area contributed by atoms with Gasteiger partial charge in [0.15, 0.2) is 0 Å². The third-order valence-electron chi connectivity index (χ3n) is 5.09. The van der Waals surface area contributed by atoms with Crippen molar-refractivity contribution in [2.24, 2.45) is 7.05 Å². The molecule has 4 rings (SSSR count). The van der Waals surface area contributed by atoms with Crippen LogP contribution in [0.3, 0.4) is 0 Å². The number of fused-ring (bicyclic) bond motifs is 3. The SMILES string of the molecule is CCOC(=O)c1cc2c3ccccc3n(C)c2[nH+]c1N1CCCCC1. The van der Waals surface area contributed by atoms with Crippen LogP contribution in [0.5, 0.6) is 0 Å². The monoisotopic (exact) mass is 338 g/mol. The minimum atomic E-state index is -0.255. The molecule has 2 aromatic heterocycles. The number of aromatic nitrogens is 2. The van der Waals surface area contributed by atoms with E-state index in [4.69, 9.17) is 4.74 Å². The topological polar surface area (TPSA) is 48.6 Å². The summed E-state index contributed by atoms with van der Waals surface area (Å²) < 4.78 is 7.49. The second kappa shape index (κ2) is 6.39. The van der Waals surface area contributed by atoms with Gasteiger partial charge in [-0.3, -0.25) is 9.47 Å². The second-order valence-electron chi connectivity index (χ2n) is 6.64. The normalized spacial score (nSPS) is 15.0. The van der Waals surface area contributed by atoms with Gasteiger partial charge in [0.1, 0.15) is 11.1 Å². The fourth-order valence-corrected chi connectivity index (χ4v) is 3.84. The highest BCUT2D eigenvalue weighted by atomic mass is 16.5. The molecule has 1 aliphatic heterocycles. The Balaban J connectivity index is 1.97. The lowest BCUT2D eigenvalue weighted by atomic mass is 10.1. The van der Waals surface area contributed by atoms with Crippen LogP contribution in [0, 0.1) is 0 Å². The van der Waals surface area contributed by atoms with Gasteiger partial charge in [-0.25, -0.2) is 9.78 Å². The van der Waals surface area contributed by atoms with Crippen LogP contribution in [0.15, 0.2) is 30.3 Å². The number of anilines is 1. The number of carbonyl (C=O) groups is 1. The molecule has 3 aromatic rings.